The van der Waals surface area contributed by atoms with Crippen LogP contribution in [0.25, 0.3) is 0 Å². The number of rotatable bonds is 3. The predicted molar refractivity (Wildman–Crippen MR) is 88.3 cm³/mol. The molecule has 0 aliphatic rings. The summed E-state index contributed by atoms with van der Waals surface area (Å²) in [6, 6.07) is 13.2. The maximum atomic E-state index is 13.9. The lowest BCUT2D eigenvalue weighted by Crippen LogP contribution is -2.10. The monoisotopic (exact) mass is 303 g/mol. The molecule has 3 heteroatoms. The first-order valence-electron chi connectivity index (χ1n) is 7.11. The highest BCUT2D eigenvalue weighted by atomic mass is 32.2. The zero-order chi connectivity index (χ0) is 15.6. The maximum absolute atomic E-state index is 13.9. The van der Waals surface area contributed by atoms with E-state index in [1.165, 1.54) is 11.6 Å². The van der Waals surface area contributed by atoms with Crippen LogP contribution in [0.2, 0.25) is 0 Å². The van der Waals surface area contributed by atoms with E-state index in [9.17, 15) is 4.39 Å². The fraction of sp³-hybridized carbons (Fsp3) is 0.333. The molecule has 0 aliphatic heterocycles. The number of hydrogen-bond acceptors (Lipinski definition) is 2. The molecule has 0 unspecified atom stereocenters. The Bertz CT molecular complexity index is 612. The molecule has 112 valence electrons. The van der Waals surface area contributed by atoms with Crippen LogP contribution >= 0.6 is 11.8 Å². The maximum Gasteiger partial charge on any atom is 0.129 e. The van der Waals surface area contributed by atoms with Gasteiger partial charge in [0.25, 0.3) is 0 Å². The van der Waals surface area contributed by atoms with E-state index in [1.54, 1.807) is 17.8 Å². The molecular formula is C18H22FNS. The van der Waals surface area contributed by atoms with Gasteiger partial charge >= 0.3 is 0 Å². The molecule has 0 spiro atoms. The number of nitrogens with two attached hydrogens (primary N) is 1. The van der Waals surface area contributed by atoms with E-state index in [0.29, 0.717) is 5.56 Å². The van der Waals surface area contributed by atoms with Crippen molar-refractivity contribution in [2.45, 2.75) is 48.9 Å². The van der Waals surface area contributed by atoms with Crippen LogP contribution in [-0.2, 0) is 5.41 Å². The summed E-state index contributed by atoms with van der Waals surface area (Å²) in [5.41, 5.74) is 7.91. The Kier molecular flexibility index (Phi) is 4.74. The van der Waals surface area contributed by atoms with Crippen molar-refractivity contribution in [2.75, 3.05) is 0 Å². The summed E-state index contributed by atoms with van der Waals surface area (Å²) in [5, 5.41) is 0. The quantitative estimate of drug-likeness (QED) is 0.833. The van der Waals surface area contributed by atoms with Crippen LogP contribution < -0.4 is 5.73 Å². The van der Waals surface area contributed by atoms with E-state index >= 15 is 0 Å². The molecule has 0 saturated carbocycles. The third kappa shape index (κ3) is 3.86. The zero-order valence-corrected chi connectivity index (χ0v) is 13.8. The van der Waals surface area contributed by atoms with Gasteiger partial charge in [-0.3, -0.25) is 0 Å². The molecule has 2 rings (SSSR count). The Balaban J connectivity index is 2.29. The molecule has 0 heterocycles. The fourth-order valence-electron chi connectivity index (χ4n) is 2.20. The minimum atomic E-state index is -0.317. The Morgan fingerprint density at radius 3 is 2.19 bits per heavy atom. The minimum Gasteiger partial charge on any atom is -0.324 e. The number of benzene rings is 2. The molecular weight excluding hydrogens is 281 g/mol. The Labute approximate surface area is 130 Å². The van der Waals surface area contributed by atoms with Crippen molar-refractivity contribution in [3.63, 3.8) is 0 Å². The van der Waals surface area contributed by atoms with Crippen LogP contribution in [0.1, 0.15) is 44.9 Å². The summed E-state index contributed by atoms with van der Waals surface area (Å²) in [4.78, 5) is 1.98. The van der Waals surface area contributed by atoms with E-state index in [1.807, 2.05) is 13.0 Å². The third-order valence-electron chi connectivity index (χ3n) is 3.42. The molecule has 0 bridgehead atoms. The molecule has 2 N–H and O–H groups in total. The van der Waals surface area contributed by atoms with Gasteiger partial charge in [-0.05, 0) is 42.2 Å². The van der Waals surface area contributed by atoms with Gasteiger partial charge < -0.3 is 5.73 Å². The van der Waals surface area contributed by atoms with Gasteiger partial charge in [-0.1, -0.05) is 50.7 Å². The SMILES string of the molecule is C[C@H](N)c1c(F)cccc1Sc1ccc(C(C)(C)C)cc1. The highest BCUT2D eigenvalue weighted by Crippen LogP contribution is 2.35. The summed E-state index contributed by atoms with van der Waals surface area (Å²) < 4.78 is 13.9. The average Bonchev–Trinajstić information content (AvgIpc) is 2.38. The molecule has 0 fully saturated rings. The second kappa shape index (κ2) is 6.20. The lowest BCUT2D eigenvalue weighted by molar-refractivity contribution is 0.585. The molecule has 0 saturated heterocycles. The highest BCUT2D eigenvalue weighted by Gasteiger charge is 2.15. The summed E-state index contributed by atoms with van der Waals surface area (Å²) in [7, 11) is 0. The van der Waals surface area contributed by atoms with Crippen molar-refractivity contribution in [1.29, 1.82) is 0 Å². The summed E-state index contributed by atoms with van der Waals surface area (Å²) in [5.74, 6) is -0.235. The zero-order valence-electron chi connectivity index (χ0n) is 13.0. The third-order valence-corrected chi connectivity index (χ3v) is 4.50. The van der Waals surface area contributed by atoms with E-state index < -0.39 is 0 Å². The van der Waals surface area contributed by atoms with Gasteiger partial charge in [0.2, 0.25) is 0 Å². The van der Waals surface area contributed by atoms with E-state index in [4.69, 9.17) is 5.73 Å². The van der Waals surface area contributed by atoms with Gasteiger partial charge in [0.05, 0.1) is 0 Å². The standard InChI is InChI=1S/C18H22FNS/c1-12(20)17-15(19)6-5-7-16(17)21-14-10-8-13(9-11-14)18(2,3)4/h5-12H,20H2,1-4H3/t12-/m0/s1. The Hall–Kier alpha value is -1.32. The first-order valence-corrected chi connectivity index (χ1v) is 7.93. The van der Waals surface area contributed by atoms with Crippen LogP contribution in [0.5, 0.6) is 0 Å². The van der Waals surface area contributed by atoms with Crippen molar-refractivity contribution < 1.29 is 4.39 Å². The van der Waals surface area contributed by atoms with Crippen LogP contribution in [0, 0.1) is 5.82 Å². The van der Waals surface area contributed by atoms with Crippen LogP contribution in [0.3, 0.4) is 0 Å². The van der Waals surface area contributed by atoms with E-state index in [2.05, 4.69) is 45.0 Å². The van der Waals surface area contributed by atoms with Crippen molar-refractivity contribution in [3.05, 3.63) is 59.4 Å². The van der Waals surface area contributed by atoms with Gasteiger partial charge in [-0.15, -0.1) is 0 Å². The second-order valence-electron chi connectivity index (χ2n) is 6.32. The summed E-state index contributed by atoms with van der Waals surface area (Å²) in [6.07, 6.45) is 0. The van der Waals surface area contributed by atoms with E-state index in [-0.39, 0.29) is 17.3 Å². The fourth-order valence-corrected chi connectivity index (χ4v) is 3.26. The predicted octanol–water partition coefficient (Wildman–Crippen LogP) is 5.29. The van der Waals surface area contributed by atoms with Gasteiger partial charge in [0, 0.05) is 21.4 Å². The molecule has 1 nitrogen and oxygen atoms in total. The lowest BCUT2D eigenvalue weighted by Gasteiger charge is -2.19. The minimum absolute atomic E-state index is 0.138. The molecule has 2 aromatic rings. The molecule has 0 aliphatic carbocycles. The highest BCUT2D eigenvalue weighted by molar-refractivity contribution is 7.99. The lowest BCUT2D eigenvalue weighted by atomic mass is 9.87. The molecule has 1 atom stereocenters. The Morgan fingerprint density at radius 1 is 1.05 bits per heavy atom. The number of halogens is 1. The summed E-state index contributed by atoms with van der Waals surface area (Å²) in [6.45, 7) is 8.38. The second-order valence-corrected chi connectivity index (χ2v) is 7.43. The molecule has 0 radical (unpaired) electrons. The van der Waals surface area contributed by atoms with Gasteiger partial charge in [-0.2, -0.15) is 0 Å². The van der Waals surface area contributed by atoms with Gasteiger partial charge in [0.15, 0.2) is 0 Å². The first kappa shape index (κ1) is 16.1. The molecule has 2 aromatic carbocycles. The van der Waals surface area contributed by atoms with Crippen molar-refractivity contribution in [2.24, 2.45) is 5.73 Å². The van der Waals surface area contributed by atoms with Crippen molar-refractivity contribution in [3.8, 4) is 0 Å². The normalized spacial score (nSPS) is 13.2. The summed E-state index contributed by atoms with van der Waals surface area (Å²) >= 11 is 1.56. The molecule has 0 aromatic heterocycles. The van der Waals surface area contributed by atoms with Crippen molar-refractivity contribution >= 4 is 11.8 Å². The molecule has 21 heavy (non-hydrogen) atoms. The van der Waals surface area contributed by atoms with Gasteiger partial charge in [0.1, 0.15) is 5.82 Å². The topological polar surface area (TPSA) is 26.0 Å². The number of hydrogen-bond donors (Lipinski definition) is 1. The first-order chi connectivity index (χ1) is 9.79. The average molecular weight is 303 g/mol. The van der Waals surface area contributed by atoms with E-state index in [0.717, 1.165) is 9.79 Å². The van der Waals surface area contributed by atoms with Gasteiger partial charge in [-0.25, -0.2) is 4.39 Å². The molecule has 0 amide bonds. The Morgan fingerprint density at radius 2 is 1.67 bits per heavy atom. The largest absolute Gasteiger partial charge is 0.324 e. The van der Waals surface area contributed by atoms with Crippen LogP contribution in [0.15, 0.2) is 52.3 Å². The van der Waals surface area contributed by atoms with Crippen molar-refractivity contribution in [1.82, 2.24) is 0 Å². The van der Waals surface area contributed by atoms with Crippen LogP contribution in [0.4, 0.5) is 4.39 Å². The smallest absolute Gasteiger partial charge is 0.129 e. The van der Waals surface area contributed by atoms with Crippen LogP contribution in [-0.4, -0.2) is 0 Å².